The van der Waals surface area contributed by atoms with Crippen molar-refractivity contribution in [1.82, 2.24) is 5.32 Å². The Morgan fingerprint density at radius 1 is 1.00 bits per heavy atom. The summed E-state index contributed by atoms with van der Waals surface area (Å²) in [5.41, 5.74) is 2.20. The van der Waals surface area contributed by atoms with Crippen LogP contribution in [0.15, 0.2) is 42.5 Å². The second-order valence-electron chi connectivity index (χ2n) is 6.70. The molecule has 0 radical (unpaired) electrons. The molecule has 2 aromatic rings. The zero-order valence-electron chi connectivity index (χ0n) is 14.9. The van der Waals surface area contributed by atoms with Crippen LogP contribution in [0.4, 0.5) is 0 Å². The first-order valence-corrected chi connectivity index (χ1v) is 8.64. The van der Waals surface area contributed by atoms with Crippen molar-refractivity contribution in [3.05, 3.63) is 58.6 Å². The summed E-state index contributed by atoms with van der Waals surface area (Å²) in [6.45, 7) is 10.2. The summed E-state index contributed by atoms with van der Waals surface area (Å²) in [6, 6.07) is 13.7. The molecular formula is C20H26ClNO2. The highest BCUT2D eigenvalue weighted by Gasteiger charge is 2.11. The Morgan fingerprint density at radius 3 is 2.42 bits per heavy atom. The molecule has 3 nitrogen and oxygen atoms in total. The Labute approximate surface area is 149 Å². The van der Waals surface area contributed by atoms with Gasteiger partial charge in [0, 0.05) is 22.7 Å². The molecule has 1 N–H and O–H groups in total. The van der Waals surface area contributed by atoms with Crippen LogP contribution in [0.2, 0.25) is 5.02 Å². The van der Waals surface area contributed by atoms with Gasteiger partial charge >= 0.3 is 0 Å². The maximum Gasteiger partial charge on any atom is 0.161 e. The maximum absolute atomic E-state index is 6.18. The normalized spacial score (nSPS) is 11.4. The minimum Gasteiger partial charge on any atom is -0.490 e. The highest BCUT2D eigenvalue weighted by molar-refractivity contribution is 6.31. The van der Waals surface area contributed by atoms with Gasteiger partial charge in [0.1, 0.15) is 6.61 Å². The van der Waals surface area contributed by atoms with Crippen LogP contribution in [0.1, 0.15) is 38.8 Å². The van der Waals surface area contributed by atoms with Crippen LogP contribution in [0.3, 0.4) is 0 Å². The van der Waals surface area contributed by atoms with Gasteiger partial charge in [-0.05, 0) is 51.5 Å². The van der Waals surface area contributed by atoms with Gasteiger partial charge in [-0.15, -0.1) is 0 Å². The number of benzene rings is 2. The van der Waals surface area contributed by atoms with E-state index in [1.165, 1.54) is 5.56 Å². The molecule has 0 unspecified atom stereocenters. The Hall–Kier alpha value is -1.71. The quantitative estimate of drug-likeness (QED) is 0.746. The van der Waals surface area contributed by atoms with E-state index in [2.05, 4.69) is 32.2 Å². The molecule has 2 rings (SSSR count). The Balaban J connectivity index is 2.10. The molecule has 0 aliphatic rings. The van der Waals surface area contributed by atoms with Crippen molar-refractivity contribution in [3.8, 4) is 11.5 Å². The van der Waals surface area contributed by atoms with Crippen molar-refractivity contribution < 1.29 is 9.47 Å². The van der Waals surface area contributed by atoms with Crippen LogP contribution >= 0.6 is 11.6 Å². The fourth-order valence-electron chi connectivity index (χ4n) is 2.19. The van der Waals surface area contributed by atoms with E-state index in [0.717, 1.165) is 23.6 Å². The van der Waals surface area contributed by atoms with Crippen molar-refractivity contribution in [2.24, 2.45) is 0 Å². The third-order valence-corrected chi connectivity index (χ3v) is 3.84. The van der Waals surface area contributed by atoms with Crippen molar-refractivity contribution in [2.45, 2.75) is 46.4 Å². The predicted molar refractivity (Wildman–Crippen MR) is 100.0 cm³/mol. The highest BCUT2D eigenvalue weighted by atomic mass is 35.5. The van der Waals surface area contributed by atoms with E-state index in [1.54, 1.807) is 0 Å². The van der Waals surface area contributed by atoms with Crippen LogP contribution in [0.25, 0.3) is 0 Å². The van der Waals surface area contributed by atoms with E-state index in [1.807, 2.05) is 43.3 Å². The summed E-state index contributed by atoms with van der Waals surface area (Å²) < 4.78 is 11.7. The molecule has 0 heterocycles. The Morgan fingerprint density at radius 2 is 1.75 bits per heavy atom. The number of hydrogen-bond donors (Lipinski definition) is 1. The van der Waals surface area contributed by atoms with Crippen molar-refractivity contribution in [2.75, 3.05) is 6.61 Å². The lowest BCUT2D eigenvalue weighted by Gasteiger charge is -2.21. The van der Waals surface area contributed by atoms with Crippen molar-refractivity contribution >= 4 is 11.6 Å². The average Bonchev–Trinajstić information content (AvgIpc) is 2.53. The maximum atomic E-state index is 6.18. The molecular weight excluding hydrogens is 322 g/mol. The molecule has 0 aliphatic carbocycles. The molecule has 0 bridgehead atoms. The van der Waals surface area contributed by atoms with Gasteiger partial charge in [0.05, 0.1) is 6.61 Å². The van der Waals surface area contributed by atoms with Gasteiger partial charge in [-0.2, -0.15) is 0 Å². The summed E-state index contributed by atoms with van der Waals surface area (Å²) in [5, 5.41) is 4.19. The van der Waals surface area contributed by atoms with E-state index in [-0.39, 0.29) is 5.54 Å². The fraction of sp³-hybridized carbons (Fsp3) is 0.400. The van der Waals surface area contributed by atoms with E-state index in [0.29, 0.717) is 18.2 Å². The standard InChI is InChI=1S/C20H26ClNO2/c1-5-23-19-12-15(13-22-20(2,3)4)10-11-18(19)24-14-16-8-6-7-9-17(16)21/h6-12,22H,5,13-14H2,1-4H3. The molecule has 24 heavy (non-hydrogen) atoms. The second kappa shape index (κ2) is 8.41. The molecule has 0 aromatic heterocycles. The van der Waals surface area contributed by atoms with E-state index in [4.69, 9.17) is 21.1 Å². The molecule has 0 saturated carbocycles. The van der Waals surface area contributed by atoms with Gasteiger partial charge in [-0.3, -0.25) is 0 Å². The van der Waals surface area contributed by atoms with Crippen LogP contribution in [-0.4, -0.2) is 12.1 Å². The highest BCUT2D eigenvalue weighted by Crippen LogP contribution is 2.30. The summed E-state index contributed by atoms with van der Waals surface area (Å²) in [4.78, 5) is 0. The number of hydrogen-bond acceptors (Lipinski definition) is 3. The van der Waals surface area contributed by atoms with Crippen molar-refractivity contribution in [3.63, 3.8) is 0 Å². The zero-order valence-corrected chi connectivity index (χ0v) is 15.6. The SMILES string of the molecule is CCOc1cc(CNC(C)(C)C)ccc1OCc1ccccc1Cl. The minimum atomic E-state index is 0.0744. The molecule has 4 heteroatoms. The third-order valence-electron chi connectivity index (χ3n) is 3.47. The van der Waals surface area contributed by atoms with E-state index >= 15 is 0 Å². The van der Waals surface area contributed by atoms with E-state index in [9.17, 15) is 0 Å². The molecule has 0 aliphatic heterocycles. The number of ether oxygens (including phenoxy) is 2. The van der Waals surface area contributed by atoms with Crippen LogP contribution in [0, 0.1) is 0 Å². The molecule has 2 aromatic carbocycles. The zero-order chi connectivity index (χ0) is 17.6. The molecule has 0 spiro atoms. The van der Waals surface area contributed by atoms with Gasteiger partial charge in [0.25, 0.3) is 0 Å². The van der Waals surface area contributed by atoms with Crippen LogP contribution in [0.5, 0.6) is 11.5 Å². The third kappa shape index (κ3) is 5.73. The molecule has 0 fully saturated rings. The monoisotopic (exact) mass is 347 g/mol. The summed E-state index contributed by atoms with van der Waals surface area (Å²) >= 11 is 6.18. The average molecular weight is 348 g/mol. The van der Waals surface area contributed by atoms with Gasteiger partial charge < -0.3 is 14.8 Å². The Kier molecular flexibility index (Phi) is 6.52. The first-order valence-electron chi connectivity index (χ1n) is 8.26. The van der Waals surface area contributed by atoms with Crippen LogP contribution < -0.4 is 14.8 Å². The second-order valence-corrected chi connectivity index (χ2v) is 7.10. The summed E-state index contributed by atoms with van der Waals surface area (Å²) in [6.07, 6.45) is 0. The van der Waals surface area contributed by atoms with Gasteiger partial charge in [-0.1, -0.05) is 35.9 Å². The number of halogens is 1. The first-order chi connectivity index (χ1) is 11.4. The lowest BCUT2D eigenvalue weighted by atomic mass is 10.1. The largest absolute Gasteiger partial charge is 0.490 e. The lowest BCUT2D eigenvalue weighted by molar-refractivity contribution is 0.269. The molecule has 0 amide bonds. The van der Waals surface area contributed by atoms with E-state index < -0.39 is 0 Å². The van der Waals surface area contributed by atoms with Crippen LogP contribution in [-0.2, 0) is 13.2 Å². The smallest absolute Gasteiger partial charge is 0.161 e. The molecule has 0 saturated heterocycles. The number of nitrogens with one attached hydrogen (secondary N) is 1. The molecule has 130 valence electrons. The molecule has 0 atom stereocenters. The first kappa shape index (κ1) is 18.6. The van der Waals surface area contributed by atoms with Crippen molar-refractivity contribution in [1.29, 1.82) is 0 Å². The minimum absolute atomic E-state index is 0.0744. The topological polar surface area (TPSA) is 30.5 Å². The number of rotatable bonds is 7. The Bertz CT molecular complexity index is 665. The van der Waals surface area contributed by atoms with Gasteiger partial charge in [0.15, 0.2) is 11.5 Å². The summed E-state index contributed by atoms with van der Waals surface area (Å²) in [7, 11) is 0. The van der Waals surface area contributed by atoms with Gasteiger partial charge in [-0.25, -0.2) is 0 Å². The lowest BCUT2D eigenvalue weighted by Crippen LogP contribution is -2.35. The van der Waals surface area contributed by atoms with Gasteiger partial charge in [0.2, 0.25) is 0 Å². The fourth-order valence-corrected chi connectivity index (χ4v) is 2.38. The predicted octanol–water partition coefficient (Wildman–Crippen LogP) is 5.21. The summed E-state index contributed by atoms with van der Waals surface area (Å²) in [5.74, 6) is 1.49.